The molecule has 0 aromatic heterocycles. The van der Waals surface area contributed by atoms with E-state index in [0.29, 0.717) is 0 Å². The second-order valence-electron chi connectivity index (χ2n) is 3.43. The van der Waals surface area contributed by atoms with E-state index < -0.39 is 0 Å². The van der Waals surface area contributed by atoms with Crippen molar-refractivity contribution in [1.29, 1.82) is 0 Å². The van der Waals surface area contributed by atoms with Gasteiger partial charge in [0.2, 0.25) is 0 Å². The van der Waals surface area contributed by atoms with Crippen molar-refractivity contribution in [1.82, 2.24) is 4.90 Å². The van der Waals surface area contributed by atoms with E-state index in [0.717, 1.165) is 10.4 Å². The molecule has 0 spiro atoms. The Morgan fingerprint density at radius 2 is 1.55 bits per heavy atom. The molecule has 0 amide bonds. The maximum Gasteiger partial charge on any atom is 0.298 e. The van der Waals surface area contributed by atoms with Crippen LogP contribution in [-0.4, -0.2) is 57.6 Å². The third-order valence-electron chi connectivity index (χ3n) is 1.20. The third-order valence-corrected chi connectivity index (χ3v) is 1.20. The number of rotatable bonds is 0. The lowest BCUT2D eigenvalue weighted by Crippen LogP contribution is -3.00. The van der Waals surface area contributed by atoms with E-state index >= 15 is 0 Å². The summed E-state index contributed by atoms with van der Waals surface area (Å²) in [5, 5.41) is 0. The van der Waals surface area contributed by atoms with Crippen LogP contribution in [-0.2, 0) is 0 Å². The quantitative estimate of drug-likeness (QED) is 0.224. The normalized spacial score (nSPS) is 12.4. The van der Waals surface area contributed by atoms with E-state index in [2.05, 4.69) is 26.1 Å². The van der Waals surface area contributed by atoms with Crippen LogP contribution < -0.4 is 12.4 Å². The van der Waals surface area contributed by atoms with Gasteiger partial charge in [-0.05, 0) is 0 Å². The molecular weight excluding hydrogens is 162 g/mol. The Balaban J connectivity index is 0. The topological polar surface area (TPSA) is 15.6 Å². The van der Waals surface area contributed by atoms with Crippen molar-refractivity contribution in [3.63, 3.8) is 0 Å². The van der Waals surface area contributed by atoms with Crippen LogP contribution in [0.25, 0.3) is 0 Å². The Hall–Kier alpha value is -0.280. The highest BCUT2D eigenvalue weighted by Gasteiger charge is 2.18. The van der Waals surface area contributed by atoms with Crippen LogP contribution in [0, 0.1) is 0 Å². The molecule has 0 radical (unpaired) electrons. The number of halogens is 1. The Bertz CT molecular complexity index is 135. The van der Waals surface area contributed by atoms with Crippen molar-refractivity contribution in [3.05, 3.63) is 0 Å². The van der Waals surface area contributed by atoms with Crippen LogP contribution in [0.15, 0.2) is 4.99 Å². The molecule has 0 aromatic carbocycles. The maximum absolute atomic E-state index is 4.17. The van der Waals surface area contributed by atoms with Gasteiger partial charge in [0.15, 0.2) is 0 Å². The van der Waals surface area contributed by atoms with Gasteiger partial charge in [-0.1, -0.05) is 0 Å². The summed E-state index contributed by atoms with van der Waals surface area (Å²) < 4.78 is 0.767. The summed E-state index contributed by atoms with van der Waals surface area (Å²) in [5.74, 6) is 1.07. The Labute approximate surface area is 75.7 Å². The van der Waals surface area contributed by atoms with E-state index in [-0.39, 0.29) is 12.4 Å². The molecule has 68 valence electrons. The first-order valence-corrected chi connectivity index (χ1v) is 3.35. The van der Waals surface area contributed by atoms with Gasteiger partial charge < -0.3 is 17.3 Å². The van der Waals surface area contributed by atoms with Crippen LogP contribution >= 0.6 is 0 Å². The van der Waals surface area contributed by atoms with Crippen LogP contribution in [0.3, 0.4) is 0 Å². The minimum atomic E-state index is 0. The van der Waals surface area contributed by atoms with Crippen molar-refractivity contribution < 1.29 is 16.9 Å². The van der Waals surface area contributed by atoms with Gasteiger partial charge >= 0.3 is 0 Å². The molecule has 0 heterocycles. The molecule has 0 aliphatic carbocycles. The van der Waals surface area contributed by atoms with Gasteiger partial charge in [0.25, 0.3) is 5.96 Å². The lowest BCUT2D eigenvalue weighted by atomic mass is 10.6. The van der Waals surface area contributed by atoms with Gasteiger partial charge in [-0.3, -0.25) is 4.48 Å². The van der Waals surface area contributed by atoms with E-state index in [1.165, 1.54) is 0 Å². The predicted molar refractivity (Wildman–Crippen MR) is 45.1 cm³/mol. The molecule has 0 atom stereocenters. The fraction of sp³-hybridized carbons (Fsp3) is 0.857. The third kappa shape index (κ3) is 4.22. The zero-order valence-electron chi connectivity index (χ0n) is 8.22. The summed E-state index contributed by atoms with van der Waals surface area (Å²) in [6.07, 6.45) is 0. The Morgan fingerprint density at radius 1 is 1.18 bits per heavy atom. The van der Waals surface area contributed by atoms with Gasteiger partial charge in [0.05, 0.1) is 21.1 Å². The Morgan fingerprint density at radius 3 is 1.55 bits per heavy atom. The molecule has 0 saturated heterocycles. The molecular formula is C7H18ClN3. The monoisotopic (exact) mass is 179 g/mol. The Kier molecular flexibility index (Phi) is 5.53. The molecule has 0 fully saturated rings. The standard InChI is InChI=1S/C7H18N3.ClH/c1-8-7(9(2)3)10(4,5)6;/h1-6H3;1H/q+1;/p-1/b8-7+;. The molecule has 0 bridgehead atoms. The average molecular weight is 180 g/mol. The van der Waals surface area contributed by atoms with Gasteiger partial charge in [-0.2, -0.15) is 0 Å². The number of nitrogens with zero attached hydrogens (tertiary/aromatic N) is 3. The van der Waals surface area contributed by atoms with Crippen LogP contribution in [0.4, 0.5) is 0 Å². The number of hydrogen-bond donors (Lipinski definition) is 0. The summed E-state index contributed by atoms with van der Waals surface area (Å²) in [6, 6.07) is 0. The molecule has 4 heteroatoms. The maximum atomic E-state index is 4.17. The van der Waals surface area contributed by atoms with Gasteiger partial charge in [-0.25, -0.2) is 4.99 Å². The van der Waals surface area contributed by atoms with Crippen molar-refractivity contribution in [2.45, 2.75) is 0 Å². The molecule has 0 aliphatic heterocycles. The molecule has 0 N–H and O–H groups in total. The fourth-order valence-corrected chi connectivity index (χ4v) is 1.10. The largest absolute Gasteiger partial charge is 1.00 e. The second kappa shape index (κ2) is 4.57. The zero-order valence-corrected chi connectivity index (χ0v) is 8.98. The van der Waals surface area contributed by atoms with Crippen LogP contribution in [0.2, 0.25) is 0 Å². The number of hydrogen-bond acceptors (Lipinski definition) is 1. The van der Waals surface area contributed by atoms with Crippen LogP contribution in [0.1, 0.15) is 0 Å². The lowest BCUT2D eigenvalue weighted by molar-refractivity contribution is -0.782. The first kappa shape index (κ1) is 13.3. The highest BCUT2D eigenvalue weighted by Crippen LogP contribution is 1.96. The molecule has 0 rings (SSSR count). The van der Waals surface area contributed by atoms with E-state index in [4.69, 9.17) is 0 Å². The lowest BCUT2D eigenvalue weighted by Gasteiger charge is -2.28. The molecule has 0 saturated carbocycles. The summed E-state index contributed by atoms with van der Waals surface area (Å²) in [5.41, 5.74) is 0. The zero-order chi connectivity index (χ0) is 8.36. The van der Waals surface area contributed by atoms with E-state index in [1.807, 2.05) is 26.0 Å². The van der Waals surface area contributed by atoms with Crippen LogP contribution in [0.5, 0.6) is 0 Å². The van der Waals surface area contributed by atoms with Crippen molar-refractivity contribution in [2.24, 2.45) is 4.99 Å². The number of aliphatic imine (C=N–C) groups is 1. The average Bonchev–Trinajstić information content (AvgIpc) is 1.60. The molecule has 0 aromatic rings. The first-order valence-electron chi connectivity index (χ1n) is 3.35. The van der Waals surface area contributed by atoms with E-state index in [1.54, 1.807) is 0 Å². The molecule has 11 heavy (non-hydrogen) atoms. The molecule has 3 nitrogen and oxygen atoms in total. The van der Waals surface area contributed by atoms with Gasteiger partial charge in [0, 0.05) is 21.1 Å². The van der Waals surface area contributed by atoms with Gasteiger partial charge in [-0.15, -0.1) is 0 Å². The fourth-order valence-electron chi connectivity index (χ4n) is 1.10. The van der Waals surface area contributed by atoms with Crippen molar-refractivity contribution >= 4 is 5.96 Å². The predicted octanol–water partition coefficient (Wildman–Crippen LogP) is -2.76. The van der Waals surface area contributed by atoms with Crippen molar-refractivity contribution in [2.75, 3.05) is 42.3 Å². The highest BCUT2D eigenvalue weighted by atomic mass is 35.5. The summed E-state index contributed by atoms with van der Waals surface area (Å²) in [7, 11) is 12.1. The van der Waals surface area contributed by atoms with Crippen molar-refractivity contribution in [3.8, 4) is 0 Å². The minimum absolute atomic E-state index is 0. The van der Waals surface area contributed by atoms with E-state index in [9.17, 15) is 0 Å². The minimum Gasteiger partial charge on any atom is -1.00 e. The SMILES string of the molecule is C/N=C(\N(C)C)[N+](C)(C)C.[Cl-]. The first-order chi connectivity index (χ1) is 4.39. The number of quaternary nitrogens is 1. The molecule has 0 unspecified atom stereocenters. The van der Waals surface area contributed by atoms with Gasteiger partial charge in [0.1, 0.15) is 0 Å². The second-order valence-corrected chi connectivity index (χ2v) is 3.43. The summed E-state index contributed by atoms with van der Waals surface area (Å²) in [6.45, 7) is 0. The summed E-state index contributed by atoms with van der Waals surface area (Å²) in [4.78, 5) is 6.20. The highest BCUT2D eigenvalue weighted by molar-refractivity contribution is 5.72. The smallest absolute Gasteiger partial charge is 0.298 e. The molecule has 0 aliphatic rings. The summed E-state index contributed by atoms with van der Waals surface area (Å²) >= 11 is 0. The number of guanidine groups is 1.